The lowest BCUT2D eigenvalue weighted by Crippen LogP contribution is -2.08. The van der Waals surface area contributed by atoms with Crippen molar-refractivity contribution in [2.45, 2.75) is 12.8 Å². The molecule has 0 spiro atoms. The summed E-state index contributed by atoms with van der Waals surface area (Å²) in [4.78, 5) is 12.7. The van der Waals surface area contributed by atoms with Crippen LogP contribution in [0.1, 0.15) is 22.5 Å². The number of hydrogen-bond donors (Lipinski definition) is 0. The average Bonchev–Trinajstić information content (AvgIpc) is 3.21. The van der Waals surface area contributed by atoms with Crippen molar-refractivity contribution in [2.75, 3.05) is 6.61 Å². The van der Waals surface area contributed by atoms with E-state index in [0.717, 1.165) is 53.2 Å². The Morgan fingerprint density at radius 2 is 2.26 bits per heavy atom. The minimum Gasteiger partial charge on any atom is -0.493 e. The highest BCUT2D eigenvalue weighted by Gasteiger charge is 2.21. The SMILES string of the molecule is Cn1nc(-c2cccs2)c(-c2ccc3c(c2)CCCO3)c1C=O. The van der Waals surface area contributed by atoms with Crippen LogP contribution in [0.4, 0.5) is 0 Å². The maximum atomic E-state index is 11.6. The van der Waals surface area contributed by atoms with E-state index >= 15 is 0 Å². The van der Waals surface area contributed by atoms with E-state index < -0.39 is 0 Å². The number of aromatic nitrogens is 2. The molecular weight excluding hydrogens is 308 g/mol. The molecule has 3 aromatic rings. The molecule has 0 bridgehead atoms. The number of thiophene rings is 1. The molecule has 4 nitrogen and oxygen atoms in total. The third-order valence-corrected chi connectivity index (χ3v) is 5.03. The van der Waals surface area contributed by atoms with E-state index in [1.807, 2.05) is 36.7 Å². The van der Waals surface area contributed by atoms with Gasteiger partial charge < -0.3 is 4.74 Å². The predicted molar refractivity (Wildman–Crippen MR) is 91.2 cm³/mol. The molecule has 0 fully saturated rings. The largest absolute Gasteiger partial charge is 0.493 e. The molecular formula is C18H16N2O2S. The van der Waals surface area contributed by atoms with Crippen LogP contribution in [0.25, 0.3) is 21.7 Å². The minimum atomic E-state index is 0.602. The first kappa shape index (κ1) is 14.2. The Morgan fingerprint density at radius 1 is 1.35 bits per heavy atom. The summed E-state index contributed by atoms with van der Waals surface area (Å²) in [6.07, 6.45) is 2.92. The Morgan fingerprint density at radius 3 is 3.04 bits per heavy atom. The van der Waals surface area contributed by atoms with Gasteiger partial charge in [0.1, 0.15) is 17.1 Å². The summed E-state index contributed by atoms with van der Waals surface area (Å²) in [5.41, 5.74) is 4.59. The number of carbonyl (C=O) groups excluding carboxylic acids is 1. The molecule has 0 N–H and O–H groups in total. The third-order valence-electron chi connectivity index (χ3n) is 4.15. The lowest BCUT2D eigenvalue weighted by Gasteiger charge is -2.18. The summed E-state index contributed by atoms with van der Waals surface area (Å²) >= 11 is 1.63. The zero-order chi connectivity index (χ0) is 15.8. The number of ether oxygens (including phenoxy) is 1. The van der Waals surface area contributed by atoms with Crippen molar-refractivity contribution in [3.05, 3.63) is 47.0 Å². The topological polar surface area (TPSA) is 44.1 Å². The number of hydrogen-bond acceptors (Lipinski definition) is 4. The first-order valence-corrected chi connectivity index (χ1v) is 8.48. The summed E-state index contributed by atoms with van der Waals surface area (Å²) in [5, 5.41) is 6.60. The lowest BCUT2D eigenvalue weighted by molar-refractivity contribution is 0.111. The normalized spacial score (nSPS) is 13.4. The number of benzene rings is 1. The lowest BCUT2D eigenvalue weighted by atomic mass is 9.97. The molecule has 23 heavy (non-hydrogen) atoms. The van der Waals surface area contributed by atoms with Gasteiger partial charge in [-0.05, 0) is 47.5 Å². The van der Waals surface area contributed by atoms with Gasteiger partial charge in [0.2, 0.25) is 0 Å². The molecule has 5 heteroatoms. The van der Waals surface area contributed by atoms with Crippen LogP contribution in [0.15, 0.2) is 35.7 Å². The Kier molecular flexibility index (Phi) is 3.50. The van der Waals surface area contributed by atoms with Gasteiger partial charge in [0, 0.05) is 12.6 Å². The maximum Gasteiger partial charge on any atom is 0.168 e. The van der Waals surface area contributed by atoms with E-state index in [1.165, 1.54) is 5.56 Å². The standard InChI is InChI=1S/C18H16N2O2S/c1-20-14(11-21)17(18(19-20)16-5-3-9-23-16)13-6-7-15-12(10-13)4-2-8-22-15/h3,5-7,9-11H,2,4,8H2,1H3. The summed E-state index contributed by atoms with van der Waals surface area (Å²) in [6, 6.07) is 10.2. The maximum absolute atomic E-state index is 11.6. The molecule has 0 unspecified atom stereocenters. The van der Waals surface area contributed by atoms with Crippen molar-refractivity contribution >= 4 is 17.6 Å². The van der Waals surface area contributed by atoms with Crippen molar-refractivity contribution < 1.29 is 9.53 Å². The highest BCUT2D eigenvalue weighted by Crippen LogP contribution is 2.38. The molecule has 116 valence electrons. The first-order valence-electron chi connectivity index (χ1n) is 7.60. The average molecular weight is 324 g/mol. The van der Waals surface area contributed by atoms with Crippen LogP contribution in [0.2, 0.25) is 0 Å². The number of aryl methyl sites for hydroxylation is 2. The number of rotatable bonds is 3. The van der Waals surface area contributed by atoms with Gasteiger partial charge in [0.15, 0.2) is 6.29 Å². The van der Waals surface area contributed by atoms with Crippen LogP contribution in [0.3, 0.4) is 0 Å². The van der Waals surface area contributed by atoms with Gasteiger partial charge >= 0.3 is 0 Å². The first-order chi connectivity index (χ1) is 11.3. The molecule has 0 radical (unpaired) electrons. The second-order valence-electron chi connectivity index (χ2n) is 5.60. The Balaban J connectivity index is 1.92. The number of aldehydes is 1. The Hall–Kier alpha value is -2.40. The summed E-state index contributed by atoms with van der Waals surface area (Å²) in [5.74, 6) is 0.953. The molecule has 3 heterocycles. The monoisotopic (exact) mass is 324 g/mol. The van der Waals surface area contributed by atoms with E-state index in [9.17, 15) is 4.79 Å². The molecule has 1 aliphatic rings. The van der Waals surface area contributed by atoms with Gasteiger partial charge in [-0.1, -0.05) is 12.1 Å². The van der Waals surface area contributed by atoms with Gasteiger partial charge in [-0.15, -0.1) is 11.3 Å². The minimum absolute atomic E-state index is 0.602. The highest BCUT2D eigenvalue weighted by molar-refractivity contribution is 7.13. The number of nitrogens with zero attached hydrogens (tertiary/aromatic N) is 2. The van der Waals surface area contributed by atoms with Gasteiger partial charge in [-0.25, -0.2) is 0 Å². The Bertz CT molecular complexity index is 866. The summed E-state index contributed by atoms with van der Waals surface area (Å²) in [7, 11) is 1.81. The van der Waals surface area contributed by atoms with Gasteiger partial charge in [-0.3, -0.25) is 9.48 Å². The van der Waals surface area contributed by atoms with E-state index in [1.54, 1.807) is 16.0 Å². The second-order valence-corrected chi connectivity index (χ2v) is 6.55. The smallest absolute Gasteiger partial charge is 0.168 e. The highest BCUT2D eigenvalue weighted by atomic mass is 32.1. The zero-order valence-electron chi connectivity index (χ0n) is 12.8. The van der Waals surface area contributed by atoms with E-state index in [0.29, 0.717) is 5.69 Å². The van der Waals surface area contributed by atoms with Crippen LogP contribution >= 0.6 is 11.3 Å². The number of carbonyl (C=O) groups is 1. The van der Waals surface area contributed by atoms with Gasteiger partial charge in [0.05, 0.1) is 11.5 Å². The molecule has 0 amide bonds. The third kappa shape index (κ3) is 2.37. The van der Waals surface area contributed by atoms with Crippen molar-refractivity contribution in [3.63, 3.8) is 0 Å². The summed E-state index contributed by atoms with van der Waals surface area (Å²) < 4.78 is 7.35. The van der Waals surface area contributed by atoms with Crippen molar-refractivity contribution in [3.8, 4) is 27.4 Å². The molecule has 2 aromatic heterocycles. The molecule has 0 atom stereocenters. The molecule has 0 saturated heterocycles. The fourth-order valence-electron chi connectivity index (χ4n) is 3.06. The Labute approximate surface area is 138 Å². The van der Waals surface area contributed by atoms with Crippen LogP contribution < -0.4 is 4.74 Å². The molecule has 1 aliphatic heterocycles. The molecule has 0 aliphatic carbocycles. The van der Waals surface area contributed by atoms with Crippen molar-refractivity contribution in [1.29, 1.82) is 0 Å². The second kappa shape index (κ2) is 5.66. The fraction of sp³-hybridized carbons (Fsp3) is 0.222. The van der Waals surface area contributed by atoms with E-state index in [4.69, 9.17) is 4.74 Å². The van der Waals surface area contributed by atoms with Gasteiger partial charge in [-0.2, -0.15) is 5.10 Å². The van der Waals surface area contributed by atoms with Crippen LogP contribution in [-0.2, 0) is 13.5 Å². The van der Waals surface area contributed by atoms with Crippen LogP contribution in [0.5, 0.6) is 5.75 Å². The number of fused-ring (bicyclic) bond motifs is 1. The summed E-state index contributed by atoms with van der Waals surface area (Å²) in [6.45, 7) is 0.777. The van der Waals surface area contributed by atoms with Crippen LogP contribution in [-0.4, -0.2) is 22.7 Å². The van der Waals surface area contributed by atoms with E-state index in [-0.39, 0.29) is 0 Å². The molecule has 4 rings (SSSR count). The fourth-order valence-corrected chi connectivity index (χ4v) is 3.77. The van der Waals surface area contributed by atoms with Crippen LogP contribution in [0, 0.1) is 0 Å². The van der Waals surface area contributed by atoms with Crippen molar-refractivity contribution in [2.24, 2.45) is 7.05 Å². The zero-order valence-corrected chi connectivity index (χ0v) is 13.6. The van der Waals surface area contributed by atoms with Gasteiger partial charge in [0.25, 0.3) is 0 Å². The molecule has 0 saturated carbocycles. The van der Waals surface area contributed by atoms with Crippen molar-refractivity contribution in [1.82, 2.24) is 9.78 Å². The van der Waals surface area contributed by atoms with E-state index in [2.05, 4.69) is 11.2 Å². The molecule has 1 aromatic carbocycles. The quantitative estimate of drug-likeness (QED) is 0.685. The predicted octanol–water partition coefficient (Wildman–Crippen LogP) is 3.95.